The van der Waals surface area contributed by atoms with E-state index in [-0.39, 0.29) is 11.7 Å². The summed E-state index contributed by atoms with van der Waals surface area (Å²) in [5.74, 6) is -0.555. The Kier molecular flexibility index (Phi) is 8.28. The smallest absolute Gasteiger partial charge is 0.327 e. The van der Waals surface area contributed by atoms with Crippen molar-refractivity contribution in [3.63, 3.8) is 0 Å². The molecule has 2 heterocycles. The summed E-state index contributed by atoms with van der Waals surface area (Å²) in [5.41, 5.74) is 2.74. The number of hydrogen-bond donors (Lipinski definition) is 3. The first-order valence-electron chi connectivity index (χ1n) is 10.3. The second kappa shape index (κ2) is 10.9. The molecule has 166 valence electrons. The Morgan fingerprint density at radius 1 is 1.16 bits per heavy atom. The van der Waals surface area contributed by atoms with Crippen LogP contribution in [0.4, 0.5) is 11.4 Å². The molecule has 1 saturated heterocycles. The van der Waals surface area contributed by atoms with Crippen molar-refractivity contribution in [2.75, 3.05) is 37.3 Å². The molecule has 2 aliphatic heterocycles. The predicted octanol–water partition coefficient (Wildman–Crippen LogP) is 3.75. The summed E-state index contributed by atoms with van der Waals surface area (Å²) in [7, 11) is 2.23. The fraction of sp³-hybridized carbons (Fsp3) is 0.391. The summed E-state index contributed by atoms with van der Waals surface area (Å²) < 4.78 is 0. The van der Waals surface area contributed by atoms with E-state index in [2.05, 4.69) is 83.3 Å². The topological polar surface area (TPSA) is 72.9 Å². The summed E-state index contributed by atoms with van der Waals surface area (Å²) in [6.07, 6.45) is 1.31. The fourth-order valence-corrected chi connectivity index (χ4v) is 5.19. The maximum Gasteiger partial charge on any atom is 0.327 e. The fourth-order valence-electron chi connectivity index (χ4n) is 3.84. The van der Waals surface area contributed by atoms with Crippen LogP contribution in [0.2, 0.25) is 0 Å². The second-order valence-corrected chi connectivity index (χ2v) is 9.29. The zero-order valence-corrected chi connectivity index (χ0v) is 19.5. The minimum atomic E-state index is -1.06. The summed E-state index contributed by atoms with van der Waals surface area (Å²) in [5, 5.41) is 10.6. The molecule has 31 heavy (non-hydrogen) atoms. The van der Waals surface area contributed by atoms with Gasteiger partial charge in [0.25, 0.3) is 0 Å². The molecule has 0 aromatic heterocycles. The zero-order chi connectivity index (χ0) is 22.4. The molecule has 2 aliphatic rings. The Morgan fingerprint density at radius 2 is 1.74 bits per heavy atom. The number of aliphatic carboxylic acids is 1. The number of rotatable bonds is 5. The van der Waals surface area contributed by atoms with Gasteiger partial charge in [0, 0.05) is 35.6 Å². The van der Waals surface area contributed by atoms with Crippen molar-refractivity contribution in [1.29, 1.82) is 0 Å². The molecule has 8 heteroatoms. The highest BCUT2D eigenvalue weighted by Crippen LogP contribution is 2.48. The Hall–Kier alpha value is -2.16. The van der Waals surface area contributed by atoms with Crippen molar-refractivity contribution in [1.82, 2.24) is 10.2 Å². The van der Waals surface area contributed by atoms with E-state index in [9.17, 15) is 9.59 Å². The predicted molar refractivity (Wildman–Crippen MR) is 129 cm³/mol. The summed E-state index contributed by atoms with van der Waals surface area (Å²) in [6.45, 7) is 4.84. The molecule has 2 atom stereocenters. The number of thiol groups is 1. The van der Waals surface area contributed by atoms with E-state index in [0.717, 1.165) is 12.5 Å². The number of carbonyl (C=O) groups excluding carboxylic acids is 1. The third-order valence-corrected chi connectivity index (χ3v) is 6.82. The minimum Gasteiger partial charge on any atom is -0.480 e. The number of nitrogens with zero attached hydrogens (tertiary/aromatic N) is 2. The van der Waals surface area contributed by atoms with Gasteiger partial charge in [-0.25, -0.2) is 4.79 Å². The number of anilines is 2. The highest BCUT2D eigenvalue weighted by molar-refractivity contribution is 7.99. The monoisotopic (exact) mass is 459 g/mol. The standard InChI is InChI=1S/C18H20N2S.C5H9NO3S/c1-19-11-10-14(12-19)13-20-15-6-2-4-8-17(15)21-18-9-5-3-7-16(18)20;1-3(7)6-4(2-10)5(8)9/h2-9,14H,10-13H2,1H3;4,10H,2H2,1H3,(H,6,7)(H,8,9)/t;4-/m.0/s1. The molecule has 2 N–H and O–H groups in total. The van der Waals surface area contributed by atoms with Crippen LogP contribution in [0.3, 0.4) is 0 Å². The number of carbonyl (C=O) groups is 2. The summed E-state index contributed by atoms with van der Waals surface area (Å²) >= 11 is 5.63. The molecule has 0 spiro atoms. The van der Waals surface area contributed by atoms with E-state index in [0.29, 0.717) is 0 Å². The van der Waals surface area contributed by atoms with Gasteiger partial charge in [-0.15, -0.1) is 0 Å². The largest absolute Gasteiger partial charge is 0.480 e. The summed E-state index contributed by atoms with van der Waals surface area (Å²) in [6, 6.07) is 16.7. The average molecular weight is 460 g/mol. The Morgan fingerprint density at radius 3 is 2.16 bits per heavy atom. The minimum absolute atomic E-state index is 0.106. The highest BCUT2D eigenvalue weighted by Gasteiger charge is 2.27. The number of carboxylic acid groups (broad SMARTS) is 1. The first kappa shape index (κ1) is 23.5. The molecule has 1 fully saturated rings. The molecular formula is C23H29N3O3S2. The van der Waals surface area contributed by atoms with Crippen molar-refractivity contribution >= 4 is 47.6 Å². The number of hydrogen-bond acceptors (Lipinski definition) is 6. The molecule has 6 nitrogen and oxygen atoms in total. The van der Waals surface area contributed by atoms with Crippen molar-refractivity contribution in [3.05, 3.63) is 48.5 Å². The molecular weight excluding hydrogens is 430 g/mol. The molecule has 1 amide bonds. The lowest BCUT2D eigenvalue weighted by molar-refractivity contribution is -0.140. The highest BCUT2D eigenvalue weighted by atomic mass is 32.2. The van der Waals surface area contributed by atoms with Gasteiger partial charge in [-0.1, -0.05) is 36.0 Å². The molecule has 4 rings (SSSR count). The maximum absolute atomic E-state index is 10.3. The van der Waals surface area contributed by atoms with Gasteiger partial charge in [0.15, 0.2) is 0 Å². The van der Waals surface area contributed by atoms with Crippen LogP contribution >= 0.6 is 24.4 Å². The Bertz CT molecular complexity index is 879. The number of carboxylic acids is 1. The Labute approximate surface area is 193 Å². The molecule has 1 unspecified atom stereocenters. The quantitative estimate of drug-likeness (QED) is 0.592. The van der Waals surface area contributed by atoms with Gasteiger partial charge in [0.2, 0.25) is 5.91 Å². The molecule has 0 bridgehead atoms. The van der Waals surface area contributed by atoms with Crippen LogP contribution in [0.5, 0.6) is 0 Å². The number of para-hydroxylation sites is 2. The van der Waals surface area contributed by atoms with Crippen LogP contribution < -0.4 is 10.2 Å². The average Bonchev–Trinajstić information content (AvgIpc) is 3.16. The third kappa shape index (κ3) is 6.18. The third-order valence-electron chi connectivity index (χ3n) is 5.32. The Balaban J connectivity index is 0.000000233. The van der Waals surface area contributed by atoms with E-state index in [1.165, 1.54) is 47.6 Å². The zero-order valence-electron chi connectivity index (χ0n) is 17.8. The van der Waals surface area contributed by atoms with Crippen molar-refractivity contribution < 1.29 is 14.7 Å². The van der Waals surface area contributed by atoms with Crippen LogP contribution in [0.25, 0.3) is 0 Å². The van der Waals surface area contributed by atoms with Crippen LogP contribution in [0.15, 0.2) is 58.3 Å². The van der Waals surface area contributed by atoms with Crippen LogP contribution in [-0.2, 0) is 9.59 Å². The lowest BCUT2D eigenvalue weighted by atomic mass is 10.1. The number of amides is 1. The van der Waals surface area contributed by atoms with Crippen LogP contribution in [0, 0.1) is 5.92 Å². The van der Waals surface area contributed by atoms with E-state index < -0.39 is 12.0 Å². The number of nitrogens with one attached hydrogen (secondary N) is 1. The molecule has 0 radical (unpaired) electrons. The number of fused-ring (bicyclic) bond motifs is 2. The van der Waals surface area contributed by atoms with Gasteiger partial charge in [-0.3, -0.25) is 4.79 Å². The van der Waals surface area contributed by atoms with Crippen LogP contribution in [0.1, 0.15) is 13.3 Å². The lowest BCUT2D eigenvalue weighted by Crippen LogP contribution is -2.40. The van der Waals surface area contributed by atoms with Gasteiger partial charge in [0.1, 0.15) is 6.04 Å². The molecule has 2 aromatic rings. The van der Waals surface area contributed by atoms with Crippen molar-refractivity contribution in [2.45, 2.75) is 29.2 Å². The van der Waals surface area contributed by atoms with Crippen molar-refractivity contribution in [3.8, 4) is 0 Å². The molecule has 2 aromatic carbocycles. The number of likely N-dealkylation sites (tertiary alicyclic amines) is 1. The molecule has 0 saturated carbocycles. The lowest BCUT2D eigenvalue weighted by Gasteiger charge is -2.34. The normalized spacial score (nSPS) is 18.3. The summed E-state index contributed by atoms with van der Waals surface area (Å²) in [4.78, 5) is 28.2. The van der Waals surface area contributed by atoms with Crippen molar-refractivity contribution in [2.24, 2.45) is 5.92 Å². The van der Waals surface area contributed by atoms with Gasteiger partial charge >= 0.3 is 5.97 Å². The number of benzene rings is 2. The maximum atomic E-state index is 10.3. The van der Waals surface area contributed by atoms with E-state index >= 15 is 0 Å². The first-order chi connectivity index (χ1) is 14.9. The second-order valence-electron chi connectivity index (χ2n) is 7.84. The van der Waals surface area contributed by atoms with Gasteiger partial charge in [0.05, 0.1) is 11.4 Å². The SMILES string of the molecule is CC(=O)N[C@@H](CS)C(=O)O.CN1CCC(CN2c3ccccc3Sc3ccccc32)C1. The van der Waals surface area contributed by atoms with E-state index in [1.54, 1.807) is 0 Å². The first-order valence-corrected chi connectivity index (χ1v) is 11.8. The molecule has 0 aliphatic carbocycles. The van der Waals surface area contributed by atoms with E-state index in [1.807, 2.05) is 11.8 Å². The van der Waals surface area contributed by atoms with Gasteiger partial charge in [-0.2, -0.15) is 12.6 Å². The van der Waals surface area contributed by atoms with Gasteiger partial charge < -0.3 is 20.2 Å². The van der Waals surface area contributed by atoms with Crippen LogP contribution in [-0.4, -0.2) is 60.4 Å². The van der Waals surface area contributed by atoms with Gasteiger partial charge in [-0.05, 0) is 50.2 Å². The van der Waals surface area contributed by atoms with E-state index in [4.69, 9.17) is 5.11 Å².